The molecule has 0 amide bonds. The number of hydrogen-bond acceptors (Lipinski definition) is 2. The monoisotopic (exact) mass is 260 g/mol. The van der Waals surface area contributed by atoms with E-state index in [-0.39, 0.29) is 19.6 Å². The summed E-state index contributed by atoms with van der Waals surface area (Å²) in [5.41, 5.74) is 8.35. The summed E-state index contributed by atoms with van der Waals surface area (Å²) in [6.07, 6.45) is -4.19. The molecule has 1 aromatic carbocycles. The molecule has 102 valence electrons. The lowest BCUT2D eigenvalue weighted by Crippen LogP contribution is -2.37. The van der Waals surface area contributed by atoms with Gasteiger partial charge >= 0.3 is 6.18 Å². The Bertz CT molecular complexity index is 368. The molecule has 1 aromatic rings. The Morgan fingerprint density at radius 3 is 2.17 bits per heavy atom. The van der Waals surface area contributed by atoms with Crippen molar-refractivity contribution in [3.8, 4) is 0 Å². The van der Waals surface area contributed by atoms with Crippen LogP contribution >= 0.6 is 0 Å². The van der Waals surface area contributed by atoms with E-state index >= 15 is 0 Å². The minimum atomic E-state index is -4.19. The van der Waals surface area contributed by atoms with E-state index in [0.29, 0.717) is 0 Å². The van der Waals surface area contributed by atoms with Crippen molar-refractivity contribution in [2.75, 3.05) is 19.6 Å². The molecule has 2 N–H and O–H groups in total. The maximum atomic E-state index is 12.5. The van der Waals surface area contributed by atoms with Gasteiger partial charge < -0.3 is 5.73 Å². The van der Waals surface area contributed by atoms with Crippen molar-refractivity contribution < 1.29 is 13.2 Å². The lowest BCUT2D eigenvalue weighted by molar-refractivity contribution is -0.146. The SMILES string of the molecule is Cc1cccc(C)c1CN(CCN)CC(F)(F)F. The quantitative estimate of drug-likeness (QED) is 0.881. The second kappa shape index (κ2) is 6.20. The Kier molecular flexibility index (Phi) is 5.16. The van der Waals surface area contributed by atoms with Crippen LogP contribution in [0.25, 0.3) is 0 Å². The molecule has 0 fully saturated rings. The van der Waals surface area contributed by atoms with E-state index in [9.17, 15) is 13.2 Å². The number of aryl methyl sites for hydroxylation is 2. The minimum Gasteiger partial charge on any atom is -0.329 e. The summed E-state index contributed by atoms with van der Waals surface area (Å²) in [5, 5.41) is 0. The van der Waals surface area contributed by atoms with Gasteiger partial charge in [0.1, 0.15) is 0 Å². The Hall–Kier alpha value is -1.07. The first-order valence-electron chi connectivity index (χ1n) is 5.88. The molecule has 0 unspecified atom stereocenters. The zero-order chi connectivity index (χ0) is 13.8. The van der Waals surface area contributed by atoms with Crippen molar-refractivity contribution in [1.82, 2.24) is 4.90 Å². The summed E-state index contributed by atoms with van der Waals surface area (Å²) < 4.78 is 37.4. The van der Waals surface area contributed by atoms with Crippen molar-refractivity contribution >= 4 is 0 Å². The Morgan fingerprint density at radius 2 is 1.72 bits per heavy atom. The number of rotatable bonds is 5. The van der Waals surface area contributed by atoms with Gasteiger partial charge in [-0.05, 0) is 30.5 Å². The molecule has 1 rings (SSSR count). The molecule has 2 nitrogen and oxygen atoms in total. The highest BCUT2D eigenvalue weighted by Crippen LogP contribution is 2.20. The summed E-state index contributed by atoms with van der Waals surface area (Å²) in [6, 6.07) is 5.73. The largest absolute Gasteiger partial charge is 0.401 e. The van der Waals surface area contributed by atoms with Crippen molar-refractivity contribution in [2.24, 2.45) is 5.73 Å². The Labute approximate surface area is 106 Å². The zero-order valence-corrected chi connectivity index (χ0v) is 10.7. The Balaban J connectivity index is 2.83. The number of hydrogen-bond donors (Lipinski definition) is 1. The van der Waals surface area contributed by atoms with E-state index in [1.807, 2.05) is 32.0 Å². The molecule has 0 saturated heterocycles. The van der Waals surface area contributed by atoms with Crippen LogP contribution in [0.15, 0.2) is 18.2 Å². The van der Waals surface area contributed by atoms with Crippen LogP contribution in [0, 0.1) is 13.8 Å². The van der Waals surface area contributed by atoms with Crippen LogP contribution in [-0.2, 0) is 6.54 Å². The minimum absolute atomic E-state index is 0.223. The van der Waals surface area contributed by atoms with E-state index in [2.05, 4.69) is 0 Å². The van der Waals surface area contributed by atoms with Crippen molar-refractivity contribution in [3.63, 3.8) is 0 Å². The van der Waals surface area contributed by atoms with Crippen LogP contribution in [0.1, 0.15) is 16.7 Å². The van der Waals surface area contributed by atoms with Gasteiger partial charge in [0.25, 0.3) is 0 Å². The molecule has 0 spiro atoms. The smallest absolute Gasteiger partial charge is 0.329 e. The molecule has 0 bridgehead atoms. The van der Waals surface area contributed by atoms with Crippen LogP contribution < -0.4 is 5.73 Å². The molecule has 0 heterocycles. The van der Waals surface area contributed by atoms with E-state index in [4.69, 9.17) is 5.73 Å². The predicted octanol–water partition coefficient (Wildman–Crippen LogP) is 2.63. The molecule has 0 atom stereocenters. The molecule has 0 aliphatic carbocycles. The number of benzene rings is 1. The molecule has 0 saturated carbocycles. The second-order valence-electron chi connectivity index (χ2n) is 4.48. The maximum absolute atomic E-state index is 12.5. The van der Waals surface area contributed by atoms with Gasteiger partial charge in [-0.2, -0.15) is 13.2 Å². The average Bonchev–Trinajstić information content (AvgIpc) is 2.21. The first kappa shape index (κ1) is 15.0. The maximum Gasteiger partial charge on any atom is 0.401 e. The zero-order valence-electron chi connectivity index (χ0n) is 10.7. The average molecular weight is 260 g/mol. The molecular formula is C13H19F3N2. The summed E-state index contributed by atoms with van der Waals surface area (Å²) >= 11 is 0. The van der Waals surface area contributed by atoms with Gasteiger partial charge in [0, 0.05) is 19.6 Å². The fourth-order valence-corrected chi connectivity index (χ4v) is 1.97. The standard InChI is InChI=1S/C13H19F3N2/c1-10-4-3-5-11(2)12(10)8-18(7-6-17)9-13(14,15)16/h3-5H,6-9,17H2,1-2H3. The van der Waals surface area contributed by atoms with Crippen molar-refractivity contribution in [2.45, 2.75) is 26.6 Å². The third-order valence-electron chi connectivity index (χ3n) is 2.87. The van der Waals surface area contributed by atoms with E-state index in [1.165, 1.54) is 4.90 Å². The van der Waals surface area contributed by atoms with Gasteiger partial charge in [-0.15, -0.1) is 0 Å². The molecule has 5 heteroatoms. The molecule has 0 aliphatic heterocycles. The predicted molar refractivity (Wildman–Crippen MR) is 66.3 cm³/mol. The van der Waals surface area contributed by atoms with Gasteiger partial charge in [0.15, 0.2) is 0 Å². The van der Waals surface area contributed by atoms with E-state index < -0.39 is 12.7 Å². The number of halogens is 3. The van der Waals surface area contributed by atoms with Gasteiger partial charge in [0.05, 0.1) is 6.54 Å². The summed E-state index contributed by atoms with van der Waals surface area (Å²) in [7, 11) is 0. The summed E-state index contributed by atoms with van der Waals surface area (Å²) in [6.45, 7) is 3.66. The third-order valence-corrected chi connectivity index (χ3v) is 2.87. The molecular weight excluding hydrogens is 241 g/mol. The third kappa shape index (κ3) is 4.66. The molecule has 0 aliphatic rings. The summed E-state index contributed by atoms with van der Waals surface area (Å²) in [5.74, 6) is 0. The van der Waals surface area contributed by atoms with Gasteiger partial charge in [-0.3, -0.25) is 4.90 Å². The summed E-state index contributed by atoms with van der Waals surface area (Å²) in [4.78, 5) is 1.34. The van der Waals surface area contributed by atoms with Gasteiger partial charge in [-0.25, -0.2) is 0 Å². The highest BCUT2D eigenvalue weighted by Gasteiger charge is 2.30. The topological polar surface area (TPSA) is 29.3 Å². The molecule has 0 aromatic heterocycles. The number of nitrogens with zero attached hydrogens (tertiary/aromatic N) is 1. The van der Waals surface area contributed by atoms with Crippen LogP contribution in [0.4, 0.5) is 13.2 Å². The fraction of sp³-hybridized carbons (Fsp3) is 0.538. The highest BCUT2D eigenvalue weighted by atomic mass is 19.4. The van der Waals surface area contributed by atoms with Gasteiger partial charge in [-0.1, -0.05) is 18.2 Å². The molecule has 0 radical (unpaired) electrons. The van der Waals surface area contributed by atoms with E-state index in [0.717, 1.165) is 16.7 Å². The fourth-order valence-electron chi connectivity index (χ4n) is 1.97. The number of nitrogens with two attached hydrogens (primary N) is 1. The highest BCUT2D eigenvalue weighted by molar-refractivity contribution is 5.33. The number of alkyl halides is 3. The van der Waals surface area contributed by atoms with Crippen LogP contribution in [0.5, 0.6) is 0 Å². The van der Waals surface area contributed by atoms with Crippen LogP contribution in [0.3, 0.4) is 0 Å². The van der Waals surface area contributed by atoms with Crippen LogP contribution in [-0.4, -0.2) is 30.7 Å². The van der Waals surface area contributed by atoms with Crippen molar-refractivity contribution in [1.29, 1.82) is 0 Å². The second-order valence-corrected chi connectivity index (χ2v) is 4.48. The normalized spacial score (nSPS) is 12.2. The first-order chi connectivity index (χ1) is 8.33. The lowest BCUT2D eigenvalue weighted by atomic mass is 10.0. The Morgan fingerprint density at radius 1 is 1.17 bits per heavy atom. The van der Waals surface area contributed by atoms with Crippen LogP contribution in [0.2, 0.25) is 0 Å². The lowest BCUT2D eigenvalue weighted by Gasteiger charge is -2.24. The van der Waals surface area contributed by atoms with Gasteiger partial charge in [0.2, 0.25) is 0 Å². The first-order valence-corrected chi connectivity index (χ1v) is 5.88. The molecule has 18 heavy (non-hydrogen) atoms. The van der Waals surface area contributed by atoms with E-state index in [1.54, 1.807) is 0 Å². The van der Waals surface area contributed by atoms with Crippen molar-refractivity contribution in [3.05, 3.63) is 34.9 Å².